The van der Waals surface area contributed by atoms with Crippen LogP contribution in [0, 0.1) is 0 Å². The second-order valence-corrected chi connectivity index (χ2v) is 5.91. The van der Waals surface area contributed by atoms with Gasteiger partial charge in [0.2, 0.25) is 5.91 Å². The van der Waals surface area contributed by atoms with Gasteiger partial charge in [-0.25, -0.2) is 0 Å². The van der Waals surface area contributed by atoms with Gasteiger partial charge >= 0.3 is 0 Å². The van der Waals surface area contributed by atoms with Crippen LogP contribution in [-0.2, 0) is 9.53 Å². The number of likely N-dealkylation sites (tertiary alicyclic amines) is 1. The average molecular weight is 276 g/mol. The maximum Gasteiger partial charge on any atom is 0.229 e. The van der Waals surface area contributed by atoms with Gasteiger partial charge in [-0.2, -0.15) is 0 Å². The van der Waals surface area contributed by atoms with E-state index in [4.69, 9.17) is 10.5 Å². The number of hydrogen-bond donors (Lipinski definition) is 1. The monoisotopic (exact) mass is 276 g/mol. The maximum absolute atomic E-state index is 12.6. The molecule has 0 saturated carbocycles. The summed E-state index contributed by atoms with van der Waals surface area (Å²) >= 11 is 0. The molecule has 2 unspecified atom stereocenters. The average Bonchev–Trinajstić information content (AvgIpc) is 2.46. The zero-order valence-corrected chi connectivity index (χ0v) is 12.6. The van der Waals surface area contributed by atoms with Gasteiger partial charge in [0.25, 0.3) is 0 Å². The fourth-order valence-electron chi connectivity index (χ4n) is 2.81. The quantitative estimate of drug-likeness (QED) is 0.862. The van der Waals surface area contributed by atoms with E-state index in [9.17, 15) is 4.79 Å². The van der Waals surface area contributed by atoms with Crippen molar-refractivity contribution in [2.45, 2.75) is 38.2 Å². The van der Waals surface area contributed by atoms with Crippen molar-refractivity contribution >= 4 is 11.6 Å². The number of amides is 1. The number of anilines is 1. The molecule has 0 radical (unpaired) electrons. The van der Waals surface area contributed by atoms with Crippen molar-refractivity contribution in [3.05, 3.63) is 29.8 Å². The van der Waals surface area contributed by atoms with Crippen molar-refractivity contribution in [2.75, 3.05) is 25.9 Å². The Bertz CT molecular complexity index is 489. The molecule has 1 aromatic carbocycles. The Kier molecular flexibility index (Phi) is 4.33. The molecule has 2 atom stereocenters. The van der Waals surface area contributed by atoms with E-state index in [-0.39, 0.29) is 17.4 Å². The SMILES string of the molecule is COC1(C)CCCN(C(=O)C(C)c2cccc(N)c2)C1. The number of ether oxygens (including phenoxy) is 1. The zero-order valence-electron chi connectivity index (χ0n) is 12.6. The highest BCUT2D eigenvalue weighted by molar-refractivity contribution is 5.83. The topological polar surface area (TPSA) is 55.6 Å². The first kappa shape index (κ1) is 14.9. The maximum atomic E-state index is 12.6. The molecule has 4 nitrogen and oxygen atoms in total. The predicted molar refractivity (Wildman–Crippen MR) is 80.5 cm³/mol. The molecule has 1 aliphatic rings. The molecule has 110 valence electrons. The van der Waals surface area contributed by atoms with Crippen molar-refractivity contribution in [3.8, 4) is 0 Å². The standard InChI is InChI=1S/C16H24N2O2/c1-12(13-6-4-7-14(17)10-13)15(19)18-9-5-8-16(2,11-18)20-3/h4,6-7,10,12H,5,8-9,11,17H2,1-3H3. The molecule has 2 rings (SSSR count). The fourth-order valence-corrected chi connectivity index (χ4v) is 2.81. The summed E-state index contributed by atoms with van der Waals surface area (Å²) in [7, 11) is 1.72. The van der Waals surface area contributed by atoms with Crippen LogP contribution < -0.4 is 5.73 Å². The third kappa shape index (κ3) is 3.12. The zero-order chi connectivity index (χ0) is 14.8. The van der Waals surface area contributed by atoms with Crippen molar-refractivity contribution in [2.24, 2.45) is 0 Å². The lowest BCUT2D eigenvalue weighted by molar-refractivity contribution is -0.140. The van der Waals surface area contributed by atoms with E-state index in [1.807, 2.05) is 36.1 Å². The molecule has 4 heteroatoms. The minimum Gasteiger partial charge on any atom is -0.399 e. The van der Waals surface area contributed by atoms with E-state index in [2.05, 4.69) is 6.92 Å². The molecule has 1 aliphatic heterocycles. The largest absolute Gasteiger partial charge is 0.399 e. The van der Waals surface area contributed by atoms with Gasteiger partial charge in [0.15, 0.2) is 0 Å². The number of methoxy groups -OCH3 is 1. The third-order valence-corrected chi connectivity index (χ3v) is 4.24. The summed E-state index contributed by atoms with van der Waals surface area (Å²) in [5, 5.41) is 0. The van der Waals surface area contributed by atoms with E-state index in [1.54, 1.807) is 7.11 Å². The molecule has 0 spiro atoms. The van der Waals surface area contributed by atoms with Crippen molar-refractivity contribution < 1.29 is 9.53 Å². The van der Waals surface area contributed by atoms with Crippen molar-refractivity contribution in [3.63, 3.8) is 0 Å². The lowest BCUT2D eigenvalue weighted by atomic mass is 9.92. The summed E-state index contributed by atoms with van der Waals surface area (Å²) < 4.78 is 5.55. The number of benzene rings is 1. The van der Waals surface area contributed by atoms with Crippen LogP contribution in [0.3, 0.4) is 0 Å². The molecule has 0 bridgehead atoms. The Balaban J connectivity index is 2.10. The van der Waals surface area contributed by atoms with E-state index in [1.165, 1.54) is 0 Å². The molecule has 1 fully saturated rings. The lowest BCUT2D eigenvalue weighted by Gasteiger charge is -2.40. The van der Waals surface area contributed by atoms with Crippen LogP contribution in [0.4, 0.5) is 5.69 Å². The van der Waals surface area contributed by atoms with Gasteiger partial charge in [-0.15, -0.1) is 0 Å². The molecule has 1 heterocycles. The normalized spacial score (nSPS) is 24.4. The second-order valence-electron chi connectivity index (χ2n) is 5.91. The van der Waals surface area contributed by atoms with Crippen LogP contribution in [-0.4, -0.2) is 36.6 Å². The van der Waals surface area contributed by atoms with Crippen LogP contribution in [0.25, 0.3) is 0 Å². The summed E-state index contributed by atoms with van der Waals surface area (Å²) in [5.74, 6) is -0.0173. The Morgan fingerprint density at radius 1 is 1.50 bits per heavy atom. The first-order valence-electron chi connectivity index (χ1n) is 7.14. The van der Waals surface area contributed by atoms with Crippen LogP contribution in [0.5, 0.6) is 0 Å². The number of nitrogens with two attached hydrogens (primary N) is 1. The highest BCUT2D eigenvalue weighted by Gasteiger charge is 2.34. The van der Waals surface area contributed by atoms with Crippen LogP contribution in [0.1, 0.15) is 38.2 Å². The Labute approximate surface area is 120 Å². The fraction of sp³-hybridized carbons (Fsp3) is 0.562. The van der Waals surface area contributed by atoms with Gasteiger partial charge < -0.3 is 15.4 Å². The molecular weight excluding hydrogens is 252 g/mol. The minimum absolute atomic E-state index is 0.151. The highest BCUT2D eigenvalue weighted by Crippen LogP contribution is 2.27. The van der Waals surface area contributed by atoms with E-state index in [0.29, 0.717) is 12.2 Å². The number of rotatable bonds is 3. The van der Waals surface area contributed by atoms with Gasteiger partial charge in [0.05, 0.1) is 11.5 Å². The number of nitrogen functional groups attached to an aromatic ring is 1. The second kappa shape index (κ2) is 5.83. The summed E-state index contributed by atoms with van der Waals surface area (Å²) in [6.45, 7) is 5.48. The number of nitrogens with zero attached hydrogens (tertiary/aromatic N) is 1. The van der Waals surface area contributed by atoms with Crippen LogP contribution in [0.2, 0.25) is 0 Å². The third-order valence-electron chi connectivity index (χ3n) is 4.24. The molecule has 1 saturated heterocycles. The predicted octanol–water partition coefficient (Wildman–Crippen LogP) is 2.40. The van der Waals surface area contributed by atoms with Crippen LogP contribution in [0.15, 0.2) is 24.3 Å². The summed E-state index contributed by atoms with van der Waals surface area (Å²) in [6.07, 6.45) is 1.99. The van der Waals surface area contributed by atoms with Crippen LogP contribution >= 0.6 is 0 Å². The van der Waals surface area contributed by atoms with Gasteiger partial charge in [0, 0.05) is 25.9 Å². The first-order valence-corrected chi connectivity index (χ1v) is 7.14. The first-order chi connectivity index (χ1) is 9.45. The Morgan fingerprint density at radius 3 is 2.90 bits per heavy atom. The summed E-state index contributed by atoms with van der Waals surface area (Å²) in [6, 6.07) is 7.56. The summed E-state index contributed by atoms with van der Waals surface area (Å²) in [5.41, 5.74) is 7.24. The molecule has 1 amide bonds. The van der Waals surface area contributed by atoms with Gasteiger partial charge in [-0.3, -0.25) is 4.79 Å². The van der Waals surface area contributed by atoms with E-state index in [0.717, 1.165) is 24.9 Å². The molecule has 20 heavy (non-hydrogen) atoms. The molecule has 1 aromatic rings. The molecule has 0 aliphatic carbocycles. The minimum atomic E-state index is -0.219. The van der Waals surface area contributed by atoms with Crippen molar-refractivity contribution in [1.82, 2.24) is 4.90 Å². The lowest BCUT2D eigenvalue weighted by Crippen LogP contribution is -2.50. The summed E-state index contributed by atoms with van der Waals surface area (Å²) in [4.78, 5) is 14.6. The molecule has 2 N–H and O–H groups in total. The smallest absolute Gasteiger partial charge is 0.229 e. The van der Waals surface area contributed by atoms with Crippen molar-refractivity contribution in [1.29, 1.82) is 0 Å². The highest BCUT2D eigenvalue weighted by atomic mass is 16.5. The number of carbonyl (C=O) groups excluding carboxylic acids is 1. The number of carbonyl (C=O) groups is 1. The molecular formula is C16H24N2O2. The Hall–Kier alpha value is -1.55. The molecule has 0 aromatic heterocycles. The van der Waals surface area contributed by atoms with Gasteiger partial charge in [-0.05, 0) is 44.4 Å². The number of piperidine rings is 1. The van der Waals surface area contributed by atoms with Gasteiger partial charge in [0.1, 0.15) is 0 Å². The Morgan fingerprint density at radius 2 is 2.25 bits per heavy atom. The van der Waals surface area contributed by atoms with Gasteiger partial charge in [-0.1, -0.05) is 12.1 Å². The number of hydrogen-bond acceptors (Lipinski definition) is 3. The van der Waals surface area contributed by atoms with E-state index >= 15 is 0 Å². The van der Waals surface area contributed by atoms with E-state index < -0.39 is 0 Å².